The number of thioether (sulfide) groups is 1. The molecule has 1 aromatic heterocycles. The van der Waals surface area contributed by atoms with Crippen LogP contribution in [0.15, 0.2) is 23.4 Å². The van der Waals surface area contributed by atoms with Crippen molar-refractivity contribution in [3.63, 3.8) is 0 Å². The number of aromatic nitrogens is 3. The van der Waals surface area contributed by atoms with E-state index in [9.17, 15) is 9.59 Å². The highest BCUT2D eigenvalue weighted by Crippen LogP contribution is 2.32. The van der Waals surface area contributed by atoms with Crippen molar-refractivity contribution in [2.24, 2.45) is 12.8 Å². The highest BCUT2D eigenvalue weighted by atomic mass is 32.2. The lowest BCUT2D eigenvalue weighted by Crippen LogP contribution is -2.17. The Kier molecular flexibility index (Phi) is 5.61. The van der Waals surface area contributed by atoms with Gasteiger partial charge >= 0.3 is 0 Å². The van der Waals surface area contributed by atoms with Crippen molar-refractivity contribution in [3.05, 3.63) is 24.0 Å². The molecular weight excluding hydrogens is 358 g/mol. The quantitative estimate of drug-likeness (QED) is 0.682. The van der Waals surface area contributed by atoms with E-state index in [1.807, 2.05) is 0 Å². The van der Waals surface area contributed by atoms with Crippen molar-refractivity contribution in [1.82, 2.24) is 14.8 Å². The number of aryl methyl sites for hydroxylation is 1. The number of amides is 2. The van der Waals surface area contributed by atoms with Crippen molar-refractivity contribution in [2.75, 3.05) is 24.3 Å². The van der Waals surface area contributed by atoms with E-state index in [0.29, 0.717) is 47.8 Å². The number of nitrogens with one attached hydrogen (secondary N) is 1. The third-order valence-corrected chi connectivity index (χ3v) is 4.70. The van der Waals surface area contributed by atoms with Gasteiger partial charge in [0.05, 0.1) is 5.75 Å². The van der Waals surface area contributed by atoms with Gasteiger partial charge in [-0.05, 0) is 12.1 Å². The molecule has 0 spiro atoms. The lowest BCUT2D eigenvalue weighted by atomic mass is 10.2. The fourth-order valence-corrected chi connectivity index (χ4v) is 3.10. The number of carbonyl (C=O) groups is 2. The van der Waals surface area contributed by atoms with Crippen molar-refractivity contribution >= 4 is 29.3 Å². The number of ether oxygens (including phenoxy) is 2. The number of hydrogen-bond donors (Lipinski definition) is 2. The van der Waals surface area contributed by atoms with Gasteiger partial charge in [-0.1, -0.05) is 11.8 Å². The molecule has 0 bridgehead atoms. The molecule has 1 aromatic carbocycles. The fourth-order valence-electron chi connectivity index (χ4n) is 2.37. The van der Waals surface area contributed by atoms with Gasteiger partial charge in [-0.15, -0.1) is 10.2 Å². The van der Waals surface area contributed by atoms with E-state index < -0.39 is 0 Å². The summed E-state index contributed by atoms with van der Waals surface area (Å²) in [6, 6.07) is 5.27. The van der Waals surface area contributed by atoms with Crippen molar-refractivity contribution in [1.29, 1.82) is 0 Å². The Balaban J connectivity index is 1.53. The molecule has 0 fully saturated rings. The van der Waals surface area contributed by atoms with Crippen LogP contribution in [0.25, 0.3) is 0 Å². The molecule has 9 nitrogen and oxygen atoms in total. The van der Waals surface area contributed by atoms with Crippen LogP contribution in [0.5, 0.6) is 11.5 Å². The molecule has 0 radical (unpaired) electrons. The molecule has 3 N–H and O–H groups in total. The van der Waals surface area contributed by atoms with Crippen LogP contribution in [0.4, 0.5) is 5.69 Å². The molecule has 0 saturated carbocycles. The molecule has 0 unspecified atom stereocenters. The zero-order chi connectivity index (χ0) is 18.5. The molecule has 2 aromatic rings. The zero-order valence-electron chi connectivity index (χ0n) is 14.2. The van der Waals surface area contributed by atoms with E-state index >= 15 is 0 Å². The molecule has 138 valence electrons. The van der Waals surface area contributed by atoms with Crippen LogP contribution in [-0.4, -0.2) is 45.5 Å². The Morgan fingerprint density at radius 3 is 2.81 bits per heavy atom. The minimum atomic E-state index is -0.388. The van der Waals surface area contributed by atoms with Crippen LogP contribution in [-0.2, 0) is 23.1 Å². The SMILES string of the molecule is Cn1c(CCC(N)=O)nnc1SCC(=O)Nc1ccc2c(c1)OCCO2. The predicted octanol–water partition coefficient (Wildman–Crippen LogP) is 0.735. The van der Waals surface area contributed by atoms with E-state index in [0.717, 1.165) is 0 Å². The molecule has 1 aliphatic rings. The monoisotopic (exact) mass is 377 g/mol. The summed E-state index contributed by atoms with van der Waals surface area (Å²) in [5, 5.41) is 11.5. The van der Waals surface area contributed by atoms with Crippen molar-refractivity contribution in [3.8, 4) is 11.5 Å². The maximum Gasteiger partial charge on any atom is 0.234 e. The van der Waals surface area contributed by atoms with Gasteiger partial charge in [-0.25, -0.2) is 0 Å². The van der Waals surface area contributed by atoms with Gasteiger partial charge in [-0.3, -0.25) is 9.59 Å². The van der Waals surface area contributed by atoms with Gasteiger partial charge in [0.15, 0.2) is 16.7 Å². The van der Waals surface area contributed by atoms with Crippen LogP contribution < -0.4 is 20.5 Å². The second-order valence-corrected chi connectivity index (χ2v) is 6.56. The summed E-state index contributed by atoms with van der Waals surface area (Å²) < 4.78 is 12.7. The maximum atomic E-state index is 12.2. The van der Waals surface area contributed by atoms with E-state index in [-0.39, 0.29) is 24.0 Å². The molecule has 2 heterocycles. The maximum absolute atomic E-state index is 12.2. The molecular formula is C16H19N5O4S. The second-order valence-electron chi connectivity index (χ2n) is 5.62. The first-order chi connectivity index (χ1) is 12.5. The number of nitrogens with zero attached hydrogens (tertiary/aromatic N) is 3. The highest BCUT2D eigenvalue weighted by Gasteiger charge is 2.14. The summed E-state index contributed by atoms with van der Waals surface area (Å²) in [6.07, 6.45) is 0.629. The van der Waals surface area contributed by atoms with Gasteiger partial charge in [-0.2, -0.15) is 0 Å². The van der Waals surface area contributed by atoms with E-state index in [4.69, 9.17) is 15.2 Å². The molecule has 26 heavy (non-hydrogen) atoms. The number of nitrogens with two attached hydrogens (primary N) is 1. The highest BCUT2D eigenvalue weighted by molar-refractivity contribution is 7.99. The number of anilines is 1. The predicted molar refractivity (Wildman–Crippen MR) is 95.3 cm³/mol. The van der Waals surface area contributed by atoms with Crippen molar-refractivity contribution in [2.45, 2.75) is 18.0 Å². The Labute approximate surface area is 154 Å². The first-order valence-corrected chi connectivity index (χ1v) is 9.00. The van der Waals surface area contributed by atoms with Crippen LogP contribution in [0.1, 0.15) is 12.2 Å². The van der Waals surface area contributed by atoms with Crippen LogP contribution in [0.2, 0.25) is 0 Å². The lowest BCUT2D eigenvalue weighted by molar-refractivity contribution is -0.118. The van der Waals surface area contributed by atoms with Gasteiger partial charge in [0.25, 0.3) is 0 Å². The van der Waals surface area contributed by atoms with Gasteiger partial charge in [0.2, 0.25) is 11.8 Å². The third-order valence-electron chi connectivity index (χ3n) is 3.68. The summed E-state index contributed by atoms with van der Waals surface area (Å²) >= 11 is 1.26. The standard InChI is InChI=1S/C16H19N5O4S/c1-21-14(5-4-13(17)22)19-20-16(21)26-9-15(23)18-10-2-3-11-12(8-10)25-7-6-24-11/h2-3,8H,4-7,9H2,1H3,(H2,17,22)(H,18,23). The van der Waals surface area contributed by atoms with Crippen LogP contribution in [0.3, 0.4) is 0 Å². The zero-order valence-corrected chi connectivity index (χ0v) is 15.0. The number of rotatable bonds is 7. The van der Waals surface area contributed by atoms with Crippen LogP contribution >= 0.6 is 11.8 Å². The largest absolute Gasteiger partial charge is 0.486 e. The molecule has 10 heteroatoms. The minimum Gasteiger partial charge on any atom is -0.486 e. The number of benzene rings is 1. The summed E-state index contributed by atoms with van der Waals surface area (Å²) in [7, 11) is 1.79. The third kappa shape index (κ3) is 4.45. The fraction of sp³-hybridized carbons (Fsp3) is 0.375. The average Bonchev–Trinajstić information content (AvgIpc) is 2.98. The molecule has 0 saturated heterocycles. The Bertz CT molecular complexity index is 823. The molecule has 1 aliphatic heterocycles. The minimum absolute atomic E-state index is 0.173. The average molecular weight is 377 g/mol. The first kappa shape index (κ1) is 18.1. The Morgan fingerprint density at radius 2 is 2.04 bits per heavy atom. The van der Waals surface area contributed by atoms with Gasteiger partial charge in [0, 0.05) is 31.6 Å². The van der Waals surface area contributed by atoms with Crippen molar-refractivity contribution < 1.29 is 19.1 Å². The number of hydrogen-bond acceptors (Lipinski definition) is 7. The second kappa shape index (κ2) is 8.09. The number of fused-ring (bicyclic) bond motifs is 1. The topological polar surface area (TPSA) is 121 Å². The molecule has 0 aliphatic carbocycles. The smallest absolute Gasteiger partial charge is 0.234 e. The lowest BCUT2D eigenvalue weighted by Gasteiger charge is -2.18. The van der Waals surface area contributed by atoms with E-state index in [2.05, 4.69) is 15.5 Å². The Morgan fingerprint density at radius 1 is 1.27 bits per heavy atom. The van der Waals surface area contributed by atoms with Gasteiger partial charge in [0.1, 0.15) is 19.0 Å². The van der Waals surface area contributed by atoms with Crippen LogP contribution in [0, 0.1) is 0 Å². The summed E-state index contributed by atoms with van der Waals surface area (Å²) in [5.74, 6) is 1.56. The number of carbonyl (C=O) groups excluding carboxylic acids is 2. The summed E-state index contributed by atoms with van der Waals surface area (Å²) in [4.78, 5) is 23.0. The van der Waals surface area contributed by atoms with E-state index in [1.165, 1.54) is 11.8 Å². The first-order valence-electron chi connectivity index (χ1n) is 8.02. The molecule has 3 rings (SSSR count). The summed E-state index contributed by atoms with van der Waals surface area (Å²) in [5.41, 5.74) is 5.78. The summed E-state index contributed by atoms with van der Waals surface area (Å²) in [6.45, 7) is 1.01. The Hall–Kier alpha value is -2.75. The van der Waals surface area contributed by atoms with E-state index in [1.54, 1.807) is 29.8 Å². The van der Waals surface area contributed by atoms with Gasteiger partial charge < -0.3 is 25.1 Å². The normalized spacial score (nSPS) is 12.7. The number of primary amides is 1. The molecule has 2 amide bonds. The molecule has 0 atom stereocenters.